The molecular weight excluding hydrogens is 374 g/mol. The maximum absolute atomic E-state index is 12.4. The maximum Gasteiger partial charge on any atom is 0.266 e. The second-order valence-electron chi connectivity index (χ2n) is 4.70. The van der Waals surface area contributed by atoms with Crippen molar-refractivity contribution in [2.24, 2.45) is 0 Å². The van der Waals surface area contributed by atoms with Gasteiger partial charge >= 0.3 is 0 Å². The molecule has 130 valence electrons. The summed E-state index contributed by atoms with van der Waals surface area (Å²) in [6, 6.07) is 5.24. The second-order valence-corrected chi connectivity index (χ2v) is 7.95. The number of para-hydroxylation sites is 1. The number of thioether (sulfide) groups is 1. The highest BCUT2D eigenvalue weighted by Gasteiger charge is 2.32. The van der Waals surface area contributed by atoms with Crippen molar-refractivity contribution in [1.82, 2.24) is 4.90 Å². The summed E-state index contributed by atoms with van der Waals surface area (Å²) < 4.78 is 41.3. The minimum atomic E-state index is -4.17. The summed E-state index contributed by atoms with van der Waals surface area (Å²) in [7, 11) is -1.17. The van der Waals surface area contributed by atoms with E-state index in [4.69, 9.17) is 26.2 Å². The number of carbonyl (C=O) groups excluding carboxylic acids is 1. The highest BCUT2D eigenvalue weighted by molar-refractivity contribution is 8.26. The first-order valence-corrected chi connectivity index (χ1v) is 9.51. The molecule has 0 spiro atoms. The third-order valence-corrected chi connectivity index (χ3v) is 5.24. The summed E-state index contributed by atoms with van der Waals surface area (Å²) in [6.45, 7) is -0.198. The average molecular weight is 389 g/mol. The Hall–Kier alpha value is -1.62. The van der Waals surface area contributed by atoms with Gasteiger partial charge in [-0.1, -0.05) is 36.1 Å². The van der Waals surface area contributed by atoms with Gasteiger partial charge in [-0.2, -0.15) is 8.42 Å². The Morgan fingerprint density at radius 2 is 2.04 bits per heavy atom. The fraction of sp³-hybridized carbons (Fsp3) is 0.286. The first-order chi connectivity index (χ1) is 11.3. The molecule has 1 aliphatic rings. The van der Waals surface area contributed by atoms with Crippen LogP contribution in [0.4, 0.5) is 0 Å². The van der Waals surface area contributed by atoms with Crippen molar-refractivity contribution in [1.29, 1.82) is 0 Å². The van der Waals surface area contributed by atoms with Gasteiger partial charge in [0.1, 0.15) is 4.32 Å². The van der Waals surface area contributed by atoms with E-state index in [0.29, 0.717) is 22.0 Å². The molecule has 7 nitrogen and oxygen atoms in total. The number of methoxy groups -OCH3 is 2. The van der Waals surface area contributed by atoms with Gasteiger partial charge in [-0.15, -0.1) is 0 Å². The van der Waals surface area contributed by atoms with E-state index in [1.165, 1.54) is 14.2 Å². The molecule has 2 rings (SSSR count). The second kappa shape index (κ2) is 7.51. The molecule has 0 saturated carbocycles. The molecule has 0 aliphatic carbocycles. The van der Waals surface area contributed by atoms with E-state index in [1.54, 1.807) is 24.3 Å². The Balaban J connectivity index is 2.29. The Morgan fingerprint density at radius 1 is 1.33 bits per heavy atom. The molecule has 1 aromatic carbocycles. The van der Waals surface area contributed by atoms with E-state index in [2.05, 4.69) is 0 Å². The van der Waals surface area contributed by atoms with E-state index in [1.807, 2.05) is 0 Å². The summed E-state index contributed by atoms with van der Waals surface area (Å²) >= 11 is 6.16. The van der Waals surface area contributed by atoms with Gasteiger partial charge in [0, 0.05) is 12.1 Å². The molecule has 10 heteroatoms. The molecule has 1 fully saturated rings. The molecule has 1 N–H and O–H groups in total. The maximum atomic E-state index is 12.4. The lowest BCUT2D eigenvalue weighted by Crippen LogP contribution is -2.32. The van der Waals surface area contributed by atoms with Gasteiger partial charge < -0.3 is 9.47 Å². The number of rotatable bonds is 6. The van der Waals surface area contributed by atoms with E-state index in [-0.39, 0.29) is 10.9 Å². The largest absolute Gasteiger partial charge is 0.493 e. The summed E-state index contributed by atoms with van der Waals surface area (Å²) in [6.07, 6.45) is 1.61. The Bertz CT molecular complexity index is 803. The summed E-state index contributed by atoms with van der Waals surface area (Å²) in [5.41, 5.74) is 0.632. The van der Waals surface area contributed by atoms with Gasteiger partial charge in [0.2, 0.25) is 0 Å². The Morgan fingerprint density at radius 3 is 2.62 bits per heavy atom. The number of nitrogens with zero attached hydrogens (tertiary/aromatic N) is 1. The molecule has 1 aromatic rings. The summed E-state index contributed by atoms with van der Waals surface area (Å²) in [5.74, 6) is 0.00434. The van der Waals surface area contributed by atoms with Crippen LogP contribution in [0, 0.1) is 0 Å². The predicted octanol–water partition coefficient (Wildman–Crippen LogP) is 1.79. The third-order valence-electron chi connectivity index (χ3n) is 3.17. The number of amides is 1. The van der Waals surface area contributed by atoms with Crippen molar-refractivity contribution >= 4 is 50.4 Å². The molecule has 1 saturated heterocycles. The van der Waals surface area contributed by atoms with Crippen LogP contribution in [0.3, 0.4) is 0 Å². The van der Waals surface area contributed by atoms with Gasteiger partial charge in [-0.25, -0.2) is 0 Å². The van der Waals surface area contributed by atoms with Gasteiger partial charge in [0.15, 0.2) is 11.5 Å². The van der Waals surface area contributed by atoms with Crippen molar-refractivity contribution in [2.45, 2.75) is 0 Å². The zero-order valence-electron chi connectivity index (χ0n) is 12.9. The van der Waals surface area contributed by atoms with Crippen LogP contribution in [0.2, 0.25) is 0 Å². The van der Waals surface area contributed by atoms with Crippen LogP contribution in [0.25, 0.3) is 6.08 Å². The van der Waals surface area contributed by atoms with E-state index in [9.17, 15) is 13.2 Å². The van der Waals surface area contributed by atoms with Crippen molar-refractivity contribution in [3.63, 3.8) is 0 Å². The van der Waals surface area contributed by atoms with Crippen LogP contribution in [0.1, 0.15) is 5.56 Å². The standard InChI is InChI=1S/C14H15NO6S3/c1-20-10-5-3-4-9(12(10)21-2)8-11-13(16)15(14(22)23-11)6-7-24(17,18)19/h3-5,8H,6-7H2,1-2H3,(H,17,18,19). The zero-order valence-corrected chi connectivity index (χ0v) is 15.3. The topological polar surface area (TPSA) is 93.1 Å². The fourth-order valence-corrected chi connectivity index (χ4v) is 3.78. The number of hydrogen-bond acceptors (Lipinski definition) is 7. The first-order valence-electron chi connectivity index (χ1n) is 6.68. The number of thiocarbonyl (C=S) groups is 1. The highest BCUT2D eigenvalue weighted by atomic mass is 32.2. The number of benzene rings is 1. The molecule has 0 unspecified atom stereocenters. The Labute approximate surface area is 149 Å². The SMILES string of the molecule is COc1cccc(C=C2SC(=S)N(CCS(=O)(=O)O)C2=O)c1OC. The minimum absolute atomic E-state index is 0.198. The van der Waals surface area contributed by atoms with Crippen molar-refractivity contribution in [3.8, 4) is 11.5 Å². The highest BCUT2D eigenvalue weighted by Crippen LogP contribution is 2.37. The molecule has 0 bridgehead atoms. The summed E-state index contributed by atoms with van der Waals surface area (Å²) in [4.78, 5) is 13.9. The quantitative estimate of drug-likeness (QED) is 0.447. The molecule has 0 aromatic heterocycles. The third kappa shape index (κ3) is 4.26. The average Bonchev–Trinajstić information content (AvgIpc) is 2.78. The van der Waals surface area contributed by atoms with Crippen LogP contribution in [-0.4, -0.2) is 54.6 Å². The normalized spacial score (nSPS) is 16.8. The molecule has 1 heterocycles. The zero-order chi connectivity index (χ0) is 17.9. The minimum Gasteiger partial charge on any atom is -0.493 e. The van der Waals surface area contributed by atoms with E-state index < -0.39 is 21.8 Å². The number of ether oxygens (including phenoxy) is 2. The van der Waals surface area contributed by atoms with Crippen LogP contribution < -0.4 is 9.47 Å². The summed E-state index contributed by atoms with van der Waals surface area (Å²) in [5, 5.41) is 0. The predicted molar refractivity (Wildman–Crippen MR) is 95.8 cm³/mol. The van der Waals surface area contributed by atoms with Crippen LogP contribution >= 0.6 is 24.0 Å². The molecular formula is C14H15NO6S3. The van der Waals surface area contributed by atoms with Gasteiger partial charge in [-0.3, -0.25) is 14.2 Å². The lowest BCUT2D eigenvalue weighted by Gasteiger charge is -2.13. The van der Waals surface area contributed by atoms with Crippen molar-refractivity contribution in [2.75, 3.05) is 26.5 Å². The monoisotopic (exact) mass is 389 g/mol. The lowest BCUT2D eigenvalue weighted by molar-refractivity contribution is -0.121. The first kappa shape index (κ1) is 18.7. The van der Waals surface area contributed by atoms with E-state index in [0.717, 1.165) is 16.7 Å². The number of carbonyl (C=O) groups is 1. The van der Waals surface area contributed by atoms with Gasteiger partial charge in [-0.05, 0) is 12.1 Å². The number of hydrogen-bond donors (Lipinski definition) is 1. The van der Waals surface area contributed by atoms with E-state index >= 15 is 0 Å². The molecule has 24 heavy (non-hydrogen) atoms. The molecule has 1 aliphatic heterocycles. The lowest BCUT2D eigenvalue weighted by atomic mass is 10.1. The Kier molecular flexibility index (Phi) is 5.86. The van der Waals surface area contributed by atoms with Crippen LogP contribution in [-0.2, 0) is 14.9 Å². The fourth-order valence-electron chi connectivity index (χ4n) is 2.07. The molecule has 0 radical (unpaired) electrons. The smallest absolute Gasteiger partial charge is 0.266 e. The van der Waals surface area contributed by atoms with Crippen LogP contribution in [0.15, 0.2) is 23.1 Å². The van der Waals surface area contributed by atoms with Gasteiger partial charge in [0.25, 0.3) is 16.0 Å². The van der Waals surface area contributed by atoms with Gasteiger partial charge in [0.05, 0.1) is 24.9 Å². The van der Waals surface area contributed by atoms with Crippen molar-refractivity contribution in [3.05, 3.63) is 28.7 Å². The molecule has 0 atom stereocenters. The van der Waals surface area contributed by atoms with Crippen molar-refractivity contribution < 1.29 is 27.2 Å². The van der Waals surface area contributed by atoms with Crippen LogP contribution in [0.5, 0.6) is 11.5 Å². The molecule has 1 amide bonds.